The lowest BCUT2D eigenvalue weighted by molar-refractivity contribution is 0.304. The number of rotatable bonds is 8. The zero-order chi connectivity index (χ0) is 20.1. The summed E-state index contributed by atoms with van der Waals surface area (Å²) in [5.74, 6) is 2.55. The van der Waals surface area contributed by atoms with Gasteiger partial charge in [-0.1, -0.05) is 35.9 Å². The van der Waals surface area contributed by atoms with Gasteiger partial charge < -0.3 is 14.0 Å². The fraction of sp³-hybridized carbons (Fsp3) is 0.208. The molecular weight excluding hydrogens is 384 g/mol. The molecular formula is C24H23ClN2O2. The average Bonchev–Trinajstić information content (AvgIpc) is 3.13. The highest BCUT2D eigenvalue weighted by atomic mass is 35.5. The maximum atomic E-state index is 6.15. The van der Waals surface area contributed by atoms with Crippen LogP contribution < -0.4 is 9.47 Å². The molecule has 0 saturated carbocycles. The number of aryl methyl sites for hydroxylation is 1. The number of fused-ring (bicyclic) bond motifs is 1. The molecule has 148 valence electrons. The van der Waals surface area contributed by atoms with Gasteiger partial charge in [-0.25, -0.2) is 4.98 Å². The molecule has 5 heteroatoms. The lowest BCUT2D eigenvalue weighted by atomic mass is 10.2. The van der Waals surface area contributed by atoms with Crippen LogP contribution in [0, 0.1) is 0 Å². The summed E-state index contributed by atoms with van der Waals surface area (Å²) in [6, 6.07) is 23.9. The van der Waals surface area contributed by atoms with E-state index in [1.54, 1.807) is 7.11 Å². The molecule has 0 aliphatic rings. The van der Waals surface area contributed by atoms with Gasteiger partial charge >= 0.3 is 0 Å². The van der Waals surface area contributed by atoms with Crippen LogP contribution in [-0.4, -0.2) is 23.3 Å². The maximum Gasteiger partial charge on any atom is 0.141 e. The number of nitrogens with zero attached hydrogens (tertiary/aromatic N) is 2. The Kier molecular flexibility index (Phi) is 6.01. The van der Waals surface area contributed by atoms with E-state index in [2.05, 4.69) is 34.9 Å². The van der Waals surface area contributed by atoms with E-state index in [1.165, 1.54) is 0 Å². The Morgan fingerprint density at radius 1 is 0.897 bits per heavy atom. The summed E-state index contributed by atoms with van der Waals surface area (Å²) < 4.78 is 13.4. The van der Waals surface area contributed by atoms with Gasteiger partial charge in [0.2, 0.25) is 0 Å². The third-order valence-electron chi connectivity index (χ3n) is 4.87. The van der Waals surface area contributed by atoms with Crippen LogP contribution in [-0.2, 0) is 6.54 Å². The largest absolute Gasteiger partial charge is 0.497 e. The predicted molar refractivity (Wildman–Crippen MR) is 118 cm³/mol. The second kappa shape index (κ2) is 9.01. The number of hydrogen-bond acceptors (Lipinski definition) is 3. The van der Waals surface area contributed by atoms with Gasteiger partial charge in [-0.2, -0.15) is 0 Å². The highest BCUT2D eigenvalue weighted by Gasteiger charge is 2.12. The first-order valence-electron chi connectivity index (χ1n) is 9.73. The summed E-state index contributed by atoms with van der Waals surface area (Å²) in [4.78, 5) is 4.87. The SMILES string of the molecule is COc1ccc(-c2nc3ccccc3n2CCCCOc2ccccc2Cl)cc1. The monoisotopic (exact) mass is 406 g/mol. The topological polar surface area (TPSA) is 36.3 Å². The van der Waals surface area contributed by atoms with Crippen molar-refractivity contribution in [2.75, 3.05) is 13.7 Å². The summed E-state index contributed by atoms with van der Waals surface area (Å²) in [5.41, 5.74) is 3.23. The highest BCUT2D eigenvalue weighted by molar-refractivity contribution is 6.32. The molecule has 0 bridgehead atoms. The summed E-state index contributed by atoms with van der Waals surface area (Å²) in [6.45, 7) is 1.50. The van der Waals surface area contributed by atoms with Crippen molar-refractivity contribution in [3.63, 3.8) is 0 Å². The maximum absolute atomic E-state index is 6.15. The first-order chi connectivity index (χ1) is 14.3. The zero-order valence-corrected chi connectivity index (χ0v) is 17.1. The lowest BCUT2D eigenvalue weighted by Gasteiger charge is -2.11. The van der Waals surface area contributed by atoms with Crippen molar-refractivity contribution in [2.24, 2.45) is 0 Å². The second-order valence-corrected chi connectivity index (χ2v) is 7.20. The van der Waals surface area contributed by atoms with Gasteiger partial charge in [0.15, 0.2) is 0 Å². The molecule has 4 rings (SSSR count). The molecule has 4 aromatic rings. The van der Waals surface area contributed by atoms with Gasteiger partial charge in [-0.3, -0.25) is 0 Å². The van der Waals surface area contributed by atoms with Crippen LogP contribution in [0.2, 0.25) is 5.02 Å². The van der Waals surface area contributed by atoms with E-state index in [0.29, 0.717) is 11.6 Å². The Labute approximate surface area is 175 Å². The summed E-state index contributed by atoms with van der Waals surface area (Å²) in [7, 11) is 1.68. The van der Waals surface area contributed by atoms with Crippen LogP contribution in [0.5, 0.6) is 11.5 Å². The van der Waals surface area contributed by atoms with Crippen LogP contribution in [0.3, 0.4) is 0 Å². The van der Waals surface area contributed by atoms with Crippen LogP contribution in [0.15, 0.2) is 72.8 Å². The molecule has 29 heavy (non-hydrogen) atoms. The number of hydrogen-bond donors (Lipinski definition) is 0. The Hall–Kier alpha value is -2.98. The molecule has 0 unspecified atom stereocenters. The van der Waals surface area contributed by atoms with Crippen molar-refractivity contribution in [3.8, 4) is 22.9 Å². The molecule has 0 aliphatic carbocycles. The van der Waals surface area contributed by atoms with E-state index in [-0.39, 0.29) is 0 Å². The molecule has 0 radical (unpaired) electrons. The molecule has 4 nitrogen and oxygen atoms in total. The fourth-order valence-electron chi connectivity index (χ4n) is 3.38. The summed E-state index contributed by atoms with van der Waals surface area (Å²) in [6.07, 6.45) is 1.91. The van der Waals surface area contributed by atoms with Crippen molar-refractivity contribution in [1.82, 2.24) is 9.55 Å². The minimum absolute atomic E-state index is 0.633. The zero-order valence-electron chi connectivity index (χ0n) is 16.3. The molecule has 1 aromatic heterocycles. The van der Waals surface area contributed by atoms with Gasteiger partial charge in [0.05, 0.1) is 29.8 Å². The lowest BCUT2D eigenvalue weighted by Crippen LogP contribution is -2.04. The number of para-hydroxylation sites is 3. The molecule has 1 heterocycles. The van der Waals surface area contributed by atoms with Crippen molar-refractivity contribution < 1.29 is 9.47 Å². The number of methoxy groups -OCH3 is 1. The number of unbranched alkanes of at least 4 members (excludes halogenated alkanes) is 1. The van der Waals surface area contributed by atoms with Gasteiger partial charge in [-0.05, 0) is 61.4 Å². The van der Waals surface area contributed by atoms with Gasteiger partial charge in [0.1, 0.15) is 17.3 Å². The Bertz CT molecular complexity index is 1090. The molecule has 0 fully saturated rings. The van der Waals surface area contributed by atoms with Crippen molar-refractivity contribution >= 4 is 22.6 Å². The Morgan fingerprint density at radius 2 is 1.66 bits per heavy atom. The van der Waals surface area contributed by atoms with E-state index in [9.17, 15) is 0 Å². The molecule has 0 aliphatic heterocycles. The second-order valence-electron chi connectivity index (χ2n) is 6.79. The van der Waals surface area contributed by atoms with Gasteiger partial charge in [-0.15, -0.1) is 0 Å². The Balaban J connectivity index is 1.48. The van der Waals surface area contributed by atoms with Crippen LogP contribution >= 0.6 is 11.6 Å². The van der Waals surface area contributed by atoms with E-state index in [0.717, 1.165) is 53.3 Å². The minimum Gasteiger partial charge on any atom is -0.497 e. The van der Waals surface area contributed by atoms with Gasteiger partial charge in [0, 0.05) is 12.1 Å². The highest BCUT2D eigenvalue weighted by Crippen LogP contribution is 2.27. The first kappa shape index (κ1) is 19.3. The van der Waals surface area contributed by atoms with Gasteiger partial charge in [0.25, 0.3) is 0 Å². The Morgan fingerprint density at radius 3 is 2.45 bits per heavy atom. The van der Waals surface area contributed by atoms with E-state index >= 15 is 0 Å². The third kappa shape index (κ3) is 4.38. The first-order valence-corrected chi connectivity index (χ1v) is 10.1. The smallest absolute Gasteiger partial charge is 0.141 e. The number of benzene rings is 3. The van der Waals surface area contributed by atoms with Crippen molar-refractivity contribution in [3.05, 3.63) is 77.8 Å². The standard InChI is InChI=1S/C24H23ClN2O2/c1-28-19-14-12-18(13-15-19)24-26-21-9-3-4-10-22(21)27(24)16-6-7-17-29-23-11-5-2-8-20(23)25/h2-5,8-15H,6-7,16-17H2,1H3. The summed E-state index contributed by atoms with van der Waals surface area (Å²) in [5, 5.41) is 0.648. The van der Waals surface area contributed by atoms with Crippen molar-refractivity contribution in [2.45, 2.75) is 19.4 Å². The molecule has 0 amide bonds. The van der Waals surface area contributed by atoms with E-state index in [1.807, 2.05) is 42.5 Å². The molecule has 0 saturated heterocycles. The van der Waals surface area contributed by atoms with Crippen LogP contribution in [0.25, 0.3) is 22.4 Å². The normalized spacial score (nSPS) is 11.0. The molecule has 0 spiro atoms. The molecule has 3 aromatic carbocycles. The fourth-order valence-corrected chi connectivity index (χ4v) is 3.57. The predicted octanol–water partition coefficient (Wildman–Crippen LogP) is 6.22. The van der Waals surface area contributed by atoms with E-state index in [4.69, 9.17) is 26.1 Å². The van der Waals surface area contributed by atoms with Crippen LogP contribution in [0.4, 0.5) is 0 Å². The number of aromatic nitrogens is 2. The minimum atomic E-state index is 0.633. The quantitative estimate of drug-likeness (QED) is 0.326. The third-order valence-corrected chi connectivity index (χ3v) is 5.19. The van der Waals surface area contributed by atoms with E-state index < -0.39 is 0 Å². The average molecular weight is 407 g/mol. The van der Waals surface area contributed by atoms with Crippen molar-refractivity contribution in [1.29, 1.82) is 0 Å². The number of imidazole rings is 1. The molecule has 0 atom stereocenters. The number of halogens is 1. The van der Waals surface area contributed by atoms with Crippen LogP contribution in [0.1, 0.15) is 12.8 Å². The molecule has 0 N–H and O–H groups in total. The summed E-state index contributed by atoms with van der Waals surface area (Å²) >= 11 is 6.15. The number of ether oxygens (including phenoxy) is 2.